The minimum Gasteiger partial charge on any atom is -0.395 e. The summed E-state index contributed by atoms with van der Waals surface area (Å²) in [5.74, 6) is 0. The molecule has 70 valence electrons. The van der Waals surface area contributed by atoms with Gasteiger partial charge in [-0.05, 0) is 6.92 Å². The van der Waals surface area contributed by atoms with E-state index in [0.717, 1.165) is 0 Å². The number of nitrogens with one attached hydrogen (secondary N) is 1. The highest BCUT2D eigenvalue weighted by Crippen LogP contribution is 2.32. The van der Waals surface area contributed by atoms with Crippen molar-refractivity contribution in [2.24, 2.45) is 0 Å². The van der Waals surface area contributed by atoms with Crippen LogP contribution in [-0.4, -0.2) is 10.2 Å². The normalized spacial score (nSPS) is 11.0. The van der Waals surface area contributed by atoms with Crippen LogP contribution in [0.25, 0.3) is 0 Å². The number of nitrogens with zero attached hydrogens (tertiary/aromatic N) is 1. The predicted molar refractivity (Wildman–Crippen MR) is 40.0 cm³/mol. The summed E-state index contributed by atoms with van der Waals surface area (Å²) in [6.45, 7) is 1.43. The lowest BCUT2D eigenvalue weighted by Gasteiger charge is -2.01. The molecule has 1 rings (SSSR count). The Labute approximate surface area is 72.5 Å². The number of halogens is 4. The van der Waals surface area contributed by atoms with Crippen molar-refractivity contribution >= 4 is 18.1 Å². The van der Waals surface area contributed by atoms with Crippen LogP contribution in [0.5, 0.6) is 0 Å². The number of alkyl halides is 3. The van der Waals surface area contributed by atoms with Crippen molar-refractivity contribution in [3.05, 3.63) is 11.4 Å². The standard InChI is InChI=1S/C5H6F3N3.ClH/c1-2-3(9)4(11-10-2)5(6,7)8;/h9H2,1H3,(H,10,11);1H. The zero-order valence-electron chi connectivity index (χ0n) is 6.07. The van der Waals surface area contributed by atoms with Crippen LogP contribution < -0.4 is 5.73 Å². The molecule has 0 saturated heterocycles. The van der Waals surface area contributed by atoms with Gasteiger partial charge in [-0.1, -0.05) is 0 Å². The summed E-state index contributed by atoms with van der Waals surface area (Å²) in [6, 6.07) is 0. The summed E-state index contributed by atoms with van der Waals surface area (Å²) >= 11 is 0. The van der Waals surface area contributed by atoms with Gasteiger partial charge in [-0.2, -0.15) is 18.3 Å². The van der Waals surface area contributed by atoms with Crippen molar-refractivity contribution in [3.63, 3.8) is 0 Å². The lowest BCUT2D eigenvalue weighted by atomic mass is 10.3. The summed E-state index contributed by atoms with van der Waals surface area (Å²) in [5.41, 5.74) is 3.93. The van der Waals surface area contributed by atoms with Crippen LogP contribution >= 0.6 is 12.4 Å². The molecule has 1 heterocycles. The number of nitrogen functional groups attached to an aromatic ring is 1. The highest BCUT2D eigenvalue weighted by molar-refractivity contribution is 5.85. The summed E-state index contributed by atoms with van der Waals surface area (Å²) in [6.07, 6.45) is -4.46. The second-order valence-corrected chi connectivity index (χ2v) is 2.11. The first-order chi connectivity index (χ1) is 4.93. The van der Waals surface area contributed by atoms with E-state index in [0.29, 0.717) is 0 Å². The molecule has 12 heavy (non-hydrogen) atoms. The smallest absolute Gasteiger partial charge is 0.395 e. The fourth-order valence-corrected chi connectivity index (χ4v) is 0.654. The van der Waals surface area contributed by atoms with E-state index in [-0.39, 0.29) is 23.8 Å². The van der Waals surface area contributed by atoms with Crippen LogP contribution in [-0.2, 0) is 6.18 Å². The number of anilines is 1. The molecule has 0 bridgehead atoms. The van der Waals surface area contributed by atoms with Crippen LogP contribution in [0.4, 0.5) is 18.9 Å². The lowest BCUT2D eigenvalue weighted by molar-refractivity contribution is -0.140. The van der Waals surface area contributed by atoms with Crippen LogP contribution in [0.15, 0.2) is 0 Å². The van der Waals surface area contributed by atoms with Crippen molar-refractivity contribution in [3.8, 4) is 0 Å². The summed E-state index contributed by atoms with van der Waals surface area (Å²) < 4.78 is 35.7. The fourth-order valence-electron chi connectivity index (χ4n) is 0.654. The van der Waals surface area contributed by atoms with Gasteiger partial charge in [0.15, 0.2) is 5.69 Å². The number of rotatable bonds is 0. The van der Waals surface area contributed by atoms with Crippen LogP contribution in [0.3, 0.4) is 0 Å². The highest BCUT2D eigenvalue weighted by Gasteiger charge is 2.36. The maximum Gasteiger partial charge on any atom is 0.437 e. The third-order valence-corrected chi connectivity index (χ3v) is 1.26. The second-order valence-electron chi connectivity index (χ2n) is 2.11. The maximum absolute atomic E-state index is 11.9. The SMILES string of the molecule is Cc1[nH]nc(C(F)(F)F)c1N.Cl. The maximum atomic E-state index is 11.9. The van der Waals surface area contributed by atoms with E-state index in [1.165, 1.54) is 6.92 Å². The van der Waals surface area contributed by atoms with Gasteiger partial charge in [-0.25, -0.2) is 0 Å². The zero-order valence-corrected chi connectivity index (χ0v) is 6.88. The average molecular weight is 202 g/mol. The first kappa shape index (κ1) is 11.1. The third kappa shape index (κ3) is 1.82. The van der Waals surface area contributed by atoms with Crippen LogP contribution in [0.1, 0.15) is 11.4 Å². The lowest BCUT2D eigenvalue weighted by Crippen LogP contribution is -2.08. The molecule has 1 aromatic rings. The number of aromatic nitrogens is 2. The van der Waals surface area contributed by atoms with Crippen molar-refractivity contribution in [1.29, 1.82) is 0 Å². The first-order valence-electron chi connectivity index (χ1n) is 2.80. The second kappa shape index (κ2) is 3.22. The molecule has 0 atom stereocenters. The van der Waals surface area contributed by atoms with Gasteiger partial charge >= 0.3 is 6.18 Å². The van der Waals surface area contributed by atoms with Gasteiger partial charge in [-0.15, -0.1) is 12.4 Å². The molecule has 7 heteroatoms. The average Bonchev–Trinajstić information content (AvgIpc) is 2.11. The van der Waals surface area contributed by atoms with E-state index >= 15 is 0 Å². The Morgan fingerprint density at radius 1 is 1.42 bits per heavy atom. The molecule has 0 saturated carbocycles. The molecule has 1 aromatic heterocycles. The van der Waals surface area contributed by atoms with E-state index in [1.54, 1.807) is 0 Å². The fraction of sp³-hybridized carbons (Fsp3) is 0.400. The number of hydrogen-bond acceptors (Lipinski definition) is 2. The minimum absolute atomic E-state index is 0. The summed E-state index contributed by atoms with van der Waals surface area (Å²) in [5, 5.41) is 5.16. The van der Waals surface area contributed by atoms with Crippen molar-refractivity contribution in [2.45, 2.75) is 13.1 Å². The molecular formula is C5H7ClF3N3. The molecule has 0 unspecified atom stereocenters. The molecule has 0 aromatic carbocycles. The Balaban J connectivity index is 0.00000121. The molecule has 0 aliphatic heterocycles. The molecule has 0 spiro atoms. The quantitative estimate of drug-likeness (QED) is 0.672. The van der Waals surface area contributed by atoms with Gasteiger partial charge in [-0.3, -0.25) is 5.10 Å². The molecule has 0 amide bonds. The van der Waals surface area contributed by atoms with E-state index < -0.39 is 11.9 Å². The van der Waals surface area contributed by atoms with E-state index in [9.17, 15) is 13.2 Å². The molecule has 3 N–H and O–H groups in total. The minimum atomic E-state index is -4.46. The molecule has 0 radical (unpaired) electrons. The van der Waals surface area contributed by atoms with Gasteiger partial charge in [0.05, 0.1) is 11.4 Å². The molecule has 3 nitrogen and oxygen atoms in total. The van der Waals surface area contributed by atoms with E-state index in [4.69, 9.17) is 5.73 Å². The summed E-state index contributed by atoms with van der Waals surface area (Å²) in [4.78, 5) is 0. The number of hydrogen-bond donors (Lipinski definition) is 2. The Morgan fingerprint density at radius 3 is 2.08 bits per heavy atom. The van der Waals surface area contributed by atoms with Crippen molar-refractivity contribution in [1.82, 2.24) is 10.2 Å². The van der Waals surface area contributed by atoms with Crippen molar-refractivity contribution in [2.75, 3.05) is 5.73 Å². The Bertz CT molecular complexity index is 267. The number of aryl methyl sites for hydroxylation is 1. The predicted octanol–water partition coefficient (Wildman–Crippen LogP) is 1.74. The first-order valence-corrected chi connectivity index (χ1v) is 2.80. The van der Waals surface area contributed by atoms with Gasteiger partial charge in [0, 0.05) is 0 Å². The van der Waals surface area contributed by atoms with Crippen molar-refractivity contribution < 1.29 is 13.2 Å². The number of H-pyrrole nitrogens is 1. The van der Waals surface area contributed by atoms with Gasteiger partial charge in [0.25, 0.3) is 0 Å². The highest BCUT2D eigenvalue weighted by atomic mass is 35.5. The Kier molecular flexibility index (Phi) is 2.98. The molecule has 0 fully saturated rings. The van der Waals surface area contributed by atoms with Crippen LogP contribution in [0.2, 0.25) is 0 Å². The van der Waals surface area contributed by atoms with Gasteiger partial charge in [0.1, 0.15) is 0 Å². The van der Waals surface area contributed by atoms with Gasteiger partial charge < -0.3 is 5.73 Å². The van der Waals surface area contributed by atoms with Crippen LogP contribution in [0, 0.1) is 6.92 Å². The third-order valence-electron chi connectivity index (χ3n) is 1.26. The zero-order chi connectivity index (χ0) is 8.65. The molecule has 0 aliphatic rings. The molecule has 0 aliphatic carbocycles. The summed E-state index contributed by atoms with van der Waals surface area (Å²) in [7, 11) is 0. The number of nitrogens with two attached hydrogens (primary N) is 1. The van der Waals surface area contributed by atoms with Gasteiger partial charge in [0.2, 0.25) is 0 Å². The van der Waals surface area contributed by atoms with E-state index in [2.05, 4.69) is 10.2 Å². The molecular weight excluding hydrogens is 195 g/mol. The van der Waals surface area contributed by atoms with E-state index in [1.807, 2.05) is 0 Å². The number of aromatic amines is 1. The Morgan fingerprint density at radius 2 is 1.92 bits per heavy atom. The monoisotopic (exact) mass is 201 g/mol. The Hall–Kier alpha value is -0.910. The largest absolute Gasteiger partial charge is 0.437 e. The topological polar surface area (TPSA) is 54.7 Å².